The molecule has 0 spiro atoms. The zero-order chi connectivity index (χ0) is 29.1. The van der Waals surface area contributed by atoms with Crippen molar-refractivity contribution < 1.29 is 31.2 Å². The van der Waals surface area contributed by atoms with Crippen molar-refractivity contribution in [3.63, 3.8) is 0 Å². The summed E-state index contributed by atoms with van der Waals surface area (Å²) in [4.78, 5) is 28.4. The number of esters is 1. The molecule has 13 heteroatoms. The maximum absolute atomic E-state index is 12.8. The van der Waals surface area contributed by atoms with Crippen LogP contribution in [0.3, 0.4) is 0 Å². The molecule has 1 N–H and O–H groups in total. The summed E-state index contributed by atoms with van der Waals surface area (Å²) < 4.78 is 54.5. The standard InChI is InChI=1S/C26H44N4O7S2/c1-5-28(22(2)19-23-9-11-24(12-10-23)38(4,33)34)14-6-7-15-29-16-8-17-30(21-25(29)31)39(35,36)18-13-27-20-26(32)37-3/h9-12,22,27H,5-8,13-21H2,1-4H3. The van der Waals surface area contributed by atoms with E-state index in [1.54, 1.807) is 17.0 Å². The fourth-order valence-corrected chi connectivity index (χ4v) is 6.62. The van der Waals surface area contributed by atoms with Gasteiger partial charge in [-0.25, -0.2) is 16.8 Å². The molecule has 1 aliphatic heterocycles. The zero-order valence-corrected chi connectivity index (χ0v) is 25.2. The van der Waals surface area contributed by atoms with Crippen molar-refractivity contribution in [2.45, 2.75) is 50.5 Å². The second-order valence-corrected chi connectivity index (χ2v) is 14.0. The number of benzene rings is 1. The number of sulfone groups is 1. The number of nitrogens with one attached hydrogen (secondary N) is 1. The Bertz CT molecular complexity index is 1140. The van der Waals surface area contributed by atoms with E-state index < -0.39 is 25.8 Å². The van der Waals surface area contributed by atoms with Gasteiger partial charge in [-0.1, -0.05) is 19.1 Å². The van der Waals surface area contributed by atoms with Gasteiger partial charge >= 0.3 is 5.97 Å². The third-order valence-electron chi connectivity index (χ3n) is 6.96. The maximum Gasteiger partial charge on any atom is 0.319 e. The number of carbonyl (C=O) groups is 2. The molecule has 222 valence electrons. The van der Waals surface area contributed by atoms with E-state index in [-0.39, 0.29) is 37.3 Å². The van der Waals surface area contributed by atoms with E-state index in [4.69, 9.17) is 0 Å². The third kappa shape index (κ3) is 11.1. The number of ether oxygens (including phenoxy) is 1. The molecule has 1 aromatic rings. The summed E-state index contributed by atoms with van der Waals surface area (Å²) in [6, 6.07) is 7.32. The first-order valence-corrected chi connectivity index (χ1v) is 16.9. The molecule has 1 aliphatic rings. The number of hydrogen-bond donors (Lipinski definition) is 1. The molecule has 1 saturated heterocycles. The number of hydrogen-bond acceptors (Lipinski definition) is 9. The van der Waals surface area contributed by atoms with E-state index in [2.05, 4.69) is 28.8 Å². The van der Waals surface area contributed by atoms with E-state index in [0.717, 1.165) is 37.9 Å². The third-order valence-corrected chi connectivity index (χ3v) is 9.91. The van der Waals surface area contributed by atoms with Crippen LogP contribution >= 0.6 is 0 Å². The van der Waals surface area contributed by atoms with Crippen LogP contribution in [-0.2, 0) is 40.6 Å². The first kappa shape index (κ1) is 33.1. The average molecular weight is 589 g/mol. The maximum atomic E-state index is 12.8. The van der Waals surface area contributed by atoms with E-state index in [0.29, 0.717) is 31.0 Å². The predicted octanol–water partition coefficient (Wildman–Crippen LogP) is 0.750. The van der Waals surface area contributed by atoms with Crippen molar-refractivity contribution >= 4 is 31.7 Å². The van der Waals surface area contributed by atoms with E-state index in [1.807, 2.05) is 12.1 Å². The van der Waals surface area contributed by atoms with Crippen LogP contribution in [0.5, 0.6) is 0 Å². The van der Waals surface area contributed by atoms with Crippen LogP contribution in [0.25, 0.3) is 0 Å². The second kappa shape index (κ2) is 15.7. The number of sulfonamides is 1. The lowest BCUT2D eigenvalue weighted by Gasteiger charge is -2.28. The van der Waals surface area contributed by atoms with Crippen LogP contribution in [-0.4, -0.2) is 120 Å². The summed E-state index contributed by atoms with van der Waals surface area (Å²) in [6.07, 6.45) is 4.32. The SMILES string of the molecule is CCN(CCCCN1CCCN(S(=O)(=O)CCNCC(=O)OC)CC1=O)C(C)Cc1ccc(S(C)(=O)=O)cc1. The van der Waals surface area contributed by atoms with Gasteiger partial charge in [-0.05, 0) is 63.4 Å². The van der Waals surface area contributed by atoms with Gasteiger partial charge in [0.2, 0.25) is 15.9 Å². The summed E-state index contributed by atoms with van der Waals surface area (Å²) >= 11 is 0. The summed E-state index contributed by atoms with van der Waals surface area (Å²) in [7, 11) is -5.56. The smallest absolute Gasteiger partial charge is 0.319 e. The largest absolute Gasteiger partial charge is 0.468 e. The van der Waals surface area contributed by atoms with Crippen molar-refractivity contribution in [2.24, 2.45) is 0 Å². The lowest BCUT2D eigenvalue weighted by Crippen LogP contribution is -2.42. The molecule has 1 aromatic carbocycles. The Morgan fingerprint density at radius 2 is 1.82 bits per heavy atom. The monoisotopic (exact) mass is 588 g/mol. The summed E-state index contributed by atoms with van der Waals surface area (Å²) in [6.45, 7) is 7.33. The highest BCUT2D eigenvalue weighted by atomic mass is 32.2. The highest BCUT2D eigenvalue weighted by Gasteiger charge is 2.29. The van der Waals surface area contributed by atoms with Crippen LogP contribution in [0.15, 0.2) is 29.2 Å². The van der Waals surface area contributed by atoms with Gasteiger partial charge in [-0.2, -0.15) is 4.31 Å². The minimum absolute atomic E-state index is 0.0640. The molecule has 1 heterocycles. The quantitative estimate of drug-likeness (QED) is 0.219. The van der Waals surface area contributed by atoms with Crippen molar-refractivity contribution in [2.75, 3.05) is 71.5 Å². The number of carbonyl (C=O) groups excluding carboxylic acids is 2. The van der Waals surface area contributed by atoms with Crippen molar-refractivity contribution in [3.05, 3.63) is 29.8 Å². The number of rotatable bonds is 16. The van der Waals surface area contributed by atoms with Gasteiger partial charge in [0.25, 0.3) is 0 Å². The van der Waals surface area contributed by atoms with Gasteiger partial charge in [-0.15, -0.1) is 0 Å². The molecule has 0 aliphatic carbocycles. The van der Waals surface area contributed by atoms with Crippen molar-refractivity contribution in [1.29, 1.82) is 0 Å². The number of unbranched alkanes of at least 4 members (excludes halogenated alkanes) is 1. The molecule has 2 rings (SSSR count). The number of methoxy groups -OCH3 is 1. The minimum Gasteiger partial charge on any atom is -0.468 e. The highest BCUT2D eigenvalue weighted by molar-refractivity contribution is 7.90. The summed E-state index contributed by atoms with van der Waals surface area (Å²) in [5, 5.41) is 2.74. The average Bonchev–Trinajstić information content (AvgIpc) is 3.07. The van der Waals surface area contributed by atoms with Gasteiger partial charge in [0.15, 0.2) is 9.84 Å². The van der Waals surface area contributed by atoms with Crippen molar-refractivity contribution in [3.8, 4) is 0 Å². The van der Waals surface area contributed by atoms with Crippen LogP contribution < -0.4 is 5.32 Å². The first-order chi connectivity index (χ1) is 18.4. The zero-order valence-electron chi connectivity index (χ0n) is 23.6. The number of amides is 1. The molecule has 1 atom stereocenters. The Morgan fingerprint density at radius 3 is 2.44 bits per heavy atom. The van der Waals surface area contributed by atoms with Crippen LogP contribution in [0.2, 0.25) is 0 Å². The predicted molar refractivity (Wildman–Crippen MR) is 151 cm³/mol. The molecule has 1 unspecified atom stereocenters. The lowest BCUT2D eigenvalue weighted by molar-refractivity contribution is -0.139. The minimum atomic E-state index is -3.62. The van der Waals surface area contributed by atoms with Crippen LogP contribution in [0, 0.1) is 0 Å². The summed E-state index contributed by atoms with van der Waals surface area (Å²) in [5.74, 6) is -0.841. The van der Waals surface area contributed by atoms with Crippen LogP contribution in [0.1, 0.15) is 38.7 Å². The highest BCUT2D eigenvalue weighted by Crippen LogP contribution is 2.15. The van der Waals surface area contributed by atoms with E-state index in [9.17, 15) is 26.4 Å². The Labute approximate surface area is 233 Å². The van der Waals surface area contributed by atoms with Gasteiger partial charge in [0.1, 0.15) is 0 Å². The van der Waals surface area contributed by atoms with Crippen LogP contribution in [0.4, 0.5) is 0 Å². The Hall–Kier alpha value is -2.06. The van der Waals surface area contributed by atoms with Gasteiger partial charge < -0.3 is 19.9 Å². The van der Waals surface area contributed by atoms with Gasteiger partial charge in [0, 0.05) is 38.5 Å². The molecule has 39 heavy (non-hydrogen) atoms. The molecule has 0 saturated carbocycles. The molecule has 0 bridgehead atoms. The lowest BCUT2D eigenvalue weighted by atomic mass is 10.1. The normalized spacial score (nSPS) is 16.3. The molecule has 0 radical (unpaired) electrons. The summed E-state index contributed by atoms with van der Waals surface area (Å²) in [5.41, 5.74) is 1.09. The molecule has 0 aromatic heterocycles. The fourth-order valence-electron chi connectivity index (χ4n) is 4.61. The Kier molecular flexibility index (Phi) is 13.3. The molecular weight excluding hydrogens is 544 g/mol. The first-order valence-electron chi connectivity index (χ1n) is 13.4. The Morgan fingerprint density at radius 1 is 1.13 bits per heavy atom. The second-order valence-electron chi connectivity index (χ2n) is 9.94. The molecular formula is C26H44N4O7S2. The number of likely N-dealkylation sites (N-methyl/N-ethyl adjacent to an activating group) is 1. The topological polar surface area (TPSA) is 133 Å². The molecule has 11 nitrogen and oxygen atoms in total. The fraction of sp³-hybridized carbons (Fsp3) is 0.692. The Balaban J connectivity index is 1.77. The number of nitrogens with zero attached hydrogens (tertiary/aromatic N) is 3. The van der Waals surface area contributed by atoms with E-state index >= 15 is 0 Å². The van der Waals surface area contributed by atoms with Gasteiger partial charge in [0.05, 0.1) is 30.8 Å². The van der Waals surface area contributed by atoms with Gasteiger partial charge in [-0.3, -0.25) is 9.59 Å². The van der Waals surface area contributed by atoms with E-state index in [1.165, 1.54) is 17.7 Å². The molecule has 1 fully saturated rings. The van der Waals surface area contributed by atoms with Crippen molar-refractivity contribution in [1.82, 2.24) is 19.4 Å². The molecule has 1 amide bonds.